The van der Waals surface area contributed by atoms with Crippen LogP contribution in [-0.4, -0.2) is 42.4 Å². The smallest absolute Gasteiger partial charge is 0.407 e. The van der Waals surface area contributed by atoms with Gasteiger partial charge < -0.3 is 19.5 Å². The van der Waals surface area contributed by atoms with Crippen LogP contribution >= 0.6 is 11.6 Å². The van der Waals surface area contributed by atoms with Crippen molar-refractivity contribution in [3.05, 3.63) is 28.8 Å². The second kappa shape index (κ2) is 5.56. The minimum Gasteiger partial charge on any atom is -0.493 e. The van der Waals surface area contributed by atoms with E-state index >= 15 is 0 Å². The van der Waals surface area contributed by atoms with E-state index in [1.165, 1.54) is 4.90 Å². The highest BCUT2D eigenvalue weighted by Crippen LogP contribution is 2.51. The molecule has 0 aromatic heterocycles. The lowest BCUT2D eigenvalue weighted by atomic mass is 9.69. The van der Waals surface area contributed by atoms with Crippen LogP contribution in [0.4, 0.5) is 4.79 Å². The molecular formula is C17H20ClNO4. The maximum absolute atomic E-state index is 11.1. The zero-order chi connectivity index (χ0) is 16.0. The zero-order valence-electron chi connectivity index (χ0n) is 12.8. The van der Waals surface area contributed by atoms with Crippen LogP contribution in [0.15, 0.2) is 18.2 Å². The molecule has 6 heteroatoms. The summed E-state index contributed by atoms with van der Waals surface area (Å²) >= 11 is 6.03. The van der Waals surface area contributed by atoms with E-state index < -0.39 is 6.09 Å². The highest BCUT2D eigenvalue weighted by atomic mass is 35.5. The topological polar surface area (TPSA) is 59.0 Å². The van der Waals surface area contributed by atoms with E-state index in [0.29, 0.717) is 37.2 Å². The van der Waals surface area contributed by atoms with Gasteiger partial charge in [-0.3, -0.25) is 0 Å². The van der Waals surface area contributed by atoms with Gasteiger partial charge in [-0.2, -0.15) is 0 Å². The predicted molar refractivity (Wildman–Crippen MR) is 85.0 cm³/mol. The Morgan fingerprint density at radius 2 is 2.13 bits per heavy atom. The number of rotatable bonds is 0. The van der Waals surface area contributed by atoms with Gasteiger partial charge in [0.25, 0.3) is 0 Å². The quantitative estimate of drug-likeness (QED) is 0.786. The van der Waals surface area contributed by atoms with Gasteiger partial charge in [-0.05, 0) is 36.8 Å². The molecule has 3 heterocycles. The Bertz CT molecular complexity index is 627. The fourth-order valence-electron chi connectivity index (χ4n) is 4.20. The number of carbonyl (C=O) groups is 1. The van der Waals surface area contributed by atoms with Crippen molar-refractivity contribution in [2.24, 2.45) is 11.3 Å². The molecule has 0 bridgehead atoms. The zero-order valence-corrected chi connectivity index (χ0v) is 13.6. The Hall–Kier alpha value is -1.46. The second-order valence-electron chi connectivity index (χ2n) is 6.96. The molecule has 0 unspecified atom stereocenters. The highest BCUT2D eigenvalue weighted by molar-refractivity contribution is 6.30. The van der Waals surface area contributed by atoms with E-state index in [4.69, 9.17) is 26.2 Å². The number of likely N-dealkylation sites (tertiary alicyclic amines) is 1. The lowest BCUT2D eigenvalue weighted by Crippen LogP contribution is -2.49. The summed E-state index contributed by atoms with van der Waals surface area (Å²) in [6, 6.07) is 5.73. The Labute approximate surface area is 140 Å². The first-order chi connectivity index (χ1) is 11.1. The fourth-order valence-corrected chi connectivity index (χ4v) is 4.36. The Kier molecular flexibility index (Phi) is 3.65. The SMILES string of the molecule is O=C(O)N1CCC2(CC1)CO[C@H]1c3ccc(Cl)cc3OC[C@@H]1C2. The summed E-state index contributed by atoms with van der Waals surface area (Å²) in [4.78, 5) is 12.6. The van der Waals surface area contributed by atoms with Gasteiger partial charge in [0.15, 0.2) is 0 Å². The molecule has 3 aliphatic heterocycles. The predicted octanol–water partition coefficient (Wildman–Crippen LogP) is 3.57. The average molecular weight is 338 g/mol. The first-order valence-corrected chi connectivity index (χ1v) is 8.46. The number of hydrogen-bond donors (Lipinski definition) is 1. The largest absolute Gasteiger partial charge is 0.493 e. The maximum Gasteiger partial charge on any atom is 0.407 e. The van der Waals surface area contributed by atoms with Crippen molar-refractivity contribution in [1.82, 2.24) is 4.90 Å². The summed E-state index contributed by atoms with van der Waals surface area (Å²) in [5.74, 6) is 1.16. The third-order valence-corrected chi connectivity index (χ3v) is 5.76. The molecule has 0 aliphatic carbocycles. The molecule has 124 valence electrons. The third-order valence-electron chi connectivity index (χ3n) is 5.52. The molecule has 23 heavy (non-hydrogen) atoms. The van der Waals surface area contributed by atoms with Gasteiger partial charge in [0.2, 0.25) is 0 Å². The van der Waals surface area contributed by atoms with Crippen molar-refractivity contribution in [1.29, 1.82) is 0 Å². The van der Waals surface area contributed by atoms with Crippen molar-refractivity contribution in [2.45, 2.75) is 25.4 Å². The van der Waals surface area contributed by atoms with E-state index in [1.54, 1.807) is 0 Å². The molecule has 1 aromatic rings. The normalized spacial score (nSPS) is 28.7. The molecular weight excluding hydrogens is 318 g/mol. The molecule has 5 nitrogen and oxygen atoms in total. The number of amides is 1. The van der Waals surface area contributed by atoms with Crippen LogP contribution in [0.5, 0.6) is 5.75 Å². The van der Waals surface area contributed by atoms with E-state index in [1.807, 2.05) is 18.2 Å². The van der Waals surface area contributed by atoms with Gasteiger partial charge in [0, 0.05) is 29.6 Å². The summed E-state index contributed by atoms with van der Waals surface area (Å²) in [7, 11) is 0. The monoisotopic (exact) mass is 337 g/mol. The minimum atomic E-state index is -0.818. The van der Waals surface area contributed by atoms with Crippen molar-refractivity contribution >= 4 is 17.7 Å². The molecule has 2 fully saturated rings. The van der Waals surface area contributed by atoms with Crippen LogP contribution in [0.1, 0.15) is 30.9 Å². The standard InChI is InChI=1S/C17H20ClNO4/c18-12-1-2-13-14(7-12)22-9-11-8-17(10-23-15(11)13)3-5-19(6-4-17)16(20)21/h1-2,7,11,15H,3-6,8-10H2,(H,20,21)/t11-,15+/m0/s1. The van der Waals surface area contributed by atoms with Crippen LogP contribution in [0.3, 0.4) is 0 Å². The van der Waals surface area contributed by atoms with Crippen LogP contribution in [0.25, 0.3) is 0 Å². The van der Waals surface area contributed by atoms with Crippen molar-refractivity contribution in [2.75, 3.05) is 26.3 Å². The molecule has 1 spiro atoms. The summed E-state index contributed by atoms with van der Waals surface area (Å²) in [6.07, 6.45) is 2.03. The molecule has 1 aromatic carbocycles. The van der Waals surface area contributed by atoms with E-state index in [2.05, 4.69) is 0 Å². The number of piperidine rings is 1. The van der Waals surface area contributed by atoms with Crippen LogP contribution < -0.4 is 4.74 Å². The number of halogens is 1. The van der Waals surface area contributed by atoms with Gasteiger partial charge in [-0.1, -0.05) is 17.7 Å². The van der Waals surface area contributed by atoms with Crippen molar-refractivity contribution in [3.8, 4) is 5.75 Å². The van der Waals surface area contributed by atoms with E-state index in [0.717, 1.165) is 30.6 Å². The number of fused-ring (bicyclic) bond motifs is 3. The maximum atomic E-state index is 11.1. The lowest BCUT2D eigenvalue weighted by molar-refractivity contribution is -0.134. The lowest BCUT2D eigenvalue weighted by Gasteiger charge is -2.49. The fraction of sp³-hybridized carbons (Fsp3) is 0.588. The summed E-state index contributed by atoms with van der Waals surface area (Å²) in [5.41, 5.74) is 1.18. The molecule has 0 saturated carbocycles. The molecule has 4 rings (SSSR count). The minimum absolute atomic E-state index is 0.0687. The molecule has 1 N–H and O–H groups in total. The molecule has 3 aliphatic rings. The molecule has 1 amide bonds. The third kappa shape index (κ3) is 2.66. The van der Waals surface area contributed by atoms with Crippen LogP contribution in [-0.2, 0) is 4.74 Å². The molecule has 2 atom stereocenters. The number of carboxylic acid groups (broad SMARTS) is 1. The second-order valence-corrected chi connectivity index (χ2v) is 7.40. The molecule has 2 saturated heterocycles. The van der Waals surface area contributed by atoms with Crippen LogP contribution in [0, 0.1) is 11.3 Å². The average Bonchev–Trinajstić information content (AvgIpc) is 2.54. The number of hydrogen-bond acceptors (Lipinski definition) is 3. The number of nitrogens with zero attached hydrogens (tertiary/aromatic N) is 1. The van der Waals surface area contributed by atoms with E-state index in [-0.39, 0.29) is 11.5 Å². The number of benzene rings is 1. The highest BCUT2D eigenvalue weighted by Gasteiger charge is 2.46. The van der Waals surface area contributed by atoms with Crippen molar-refractivity contribution < 1.29 is 19.4 Å². The van der Waals surface area contributed by atoms with Crippen molar-refractivity contribution in [3.63, 3.8) is 0 Å². The van der Waals surface area contributed by atoms with Gasteiger partial charge in [-0.15, -0.1) is 0 Å². The van der Waals surface area contributed by atoms with Crippen LogP contribution in [0.2, 0.25) is 5.02 Å². The Morgan fingerprint density at radius 3 is 2.87 bits per heavy atom. The van der Waals surface area contributed by atoms with E-state index in [9.17, 15) is 4.79 Å². The van der Waals surface area contributed by atoms with Gasteiger partial charge in [0.1, 0.15) is 5.75 Å². The first kappa shape index (κ1) is 15.1. The summed E-state index contributed by atoms with van der Waals surface area (Å²) < 4.78 is 12.1. The summed E-state index contributed by atoms with van der Waals surface area (Å²) in [6.45, 7) is 2.54. The Balaban J connectivity index is 1.49. The summed E-state index contributed by atoms with van der Waals surface area (Å²) in [5, 5.41) is 9.78. The first-order valence-electron chi connectivity index (χ1n) is 8.08. The van der Waals surface area contributed by atoms with Gasteiger partial charge in [-0.25, -0.2) is 4.79 Å². The van der Waals surface area contributed by atoms with Gasteiger partial charge in [0.05, 0.1) is 19.3 Å². The Morgan fingerprint density at radius 1 is 1.35 bits per heavy atom. The van der Waals surface area contributed by atoms with Gasteiger partial charge >= 0.3 is 6.09 Å². The molecule has 0 radical (unpaired) electrons. The number of ether oxygens (including phenoxy) is 2.